The van der Waals surface area contributed by atoms with E-state index in [0.29, 0.717) is 0 Å². The van der Waals surface area contributed by atoms with Crippen LogP contribution in [-0.2, 0) is 4.74 Å². The largest absolute Gasteiger partial charge is 0.376 e. The fraction of sp³-hybridized carbons (Fsp3) is 0.625. The van der Waals surface area contributed by atoms with Crippen LogP contribution < -0.4 is 0 Å². The molecule has 0 spiro atoms. The Morgan fingerprint density at radius 1 is 1.45 bits per heavy atom. The summed E-state index contributed by atoms with van der Waals surface area (Å²) in [4.78, 5) is 5.56. The van der Waals surface area contributed by atoms with Crippen LogP contribution in [0.5, 0.6) is 0 Å². The minimum absolute atomic E-state index is 0.182. The molecule has 1 rings (SSSR count). The van der Waals surface area contributed by atoms with E-state index in [1.807, 2.05) is 20.8 Å². The molecule has 0 aliphatic carbocycles. The van der Waals surface area contributed by atoms with Crippen molar-refractivity contribution in [1.29, 1.82) is 0 Å². The van der Waals surface area contributed by atoms with Gasteiger partial charge in [0, 0.05) is 7.11 Å². The van der Waals surface area contributed by atoms with Crippen LogP contribution in [0.25, 0.3) is 0 Å². The van der Waals surface area contributed by atoms with E-state index >= 15 is 0 Å². The number of hydrogen-bond acceptors (Lipinski definition) is 3. The number of nitrogens with zero attached hydrogens (tertiary/aromatic N) is 1. The highest BCUT2D eigenvalue weighted by Gasteiger charge is 2.10. The predicted molar refractivity (Wildman–Crippen MR) is 47.0 cm³/mol. The molecule has 1 atom stereocenters. The summed E-state index contributed by atoms with van der Waals surface area (Å²) < 4.78 is 5.20. The van der Waals surface area contributed by atoms with Crippen LogP contribution in [0.15, 0.2) is 0 Å². The SMILES string of the molecule is COC(C)c1sc(C)nc1C. The monoisotopic (exact) mass is 171 g/mol. The third kappa shape index (κ3) is 1.79. The predicted octanol–water partition coefficient (Wildman–Crippen LogP) is 2.47. The Kier molecular flexibility index (Phi) is 2.62. The summed E-state index contributed by atoms with van der Waals surface area (Å²) in [6, 6.07) is 0. The topological polar surface area (TPSA) is 22.1 Å². The Morgan fingerprint density at radius 2 is 2.09 bits per heavy atom. The standard InChI is InChI=1S/C8H13NOS/c1-5-8(6(2)10-4)11-7(3)9-5/h6H,1-4H3. The van der Waals surface area contributed by atoms with Gasteiger partial charge in [-0.15, -0.1) is 11.3 Å². The minimum atomic E-state index is 0.182. The van der Waals surface area contributed by atoms with Gasteiger partial charge in [-0.1, -0.05) is 0 Å². The molecule has 0 N–H and O–H groups in total. The van der Waals surface area contributed by atoms with Gasteiger partial charge in [-0.05, 0) is 20.8 Å². The molecule has 11 heavy (non-hydrogen) atoms. The van der Waals surface area contributed by atoms with Gasteiger partial charge in [-0.3, -0.25) is 0 Å². The van der Waals surface area contributed by atoms with Gasteiger partial charge in [0.25, 0.3) is 0 Å². The lowest BCUT2D eigenvalue weighted by molar-refractivity contribution is 0.122. The van der Waals surface area contributed by atoms with Gasteiger partial charge in [-0.2, -0.15) is 0 Å². The number of ether oxygens (including phenoxy) is 1. The lowest BCUT2D eigenvalue weighted by Crippen LogP contribution is -1.94. The van der Waals surface area contributed by atoms with Crippen LogP contribution >= 0.6 is 11.3 Å². The number of methoxy groups -OCH3 is 1. The summed E-state index contributed by atoms with van der Waals surface area (Å²) in [5.74, 6) is 0. The van der Waals surface area contributed by atoms with E-state index in [1.54, 1.807) is 18.4 Å². The molecule has 0 radical (unpaired) electrons. The summed E-state index contributed by atoms with van der Waals surface area (Å²) in [7, 11) is 1.72. The first-order valence-electron chi connectivity index (χ1n) is 3.62. The van der Waals surface area contributed by atoms with E-state index in [9.17, 15) is 0 Å². The number of aromatic nitrogens is 1. The second kappa shape index (κ2) is 3.32. The summed E-state index contributed by atoms with van der Waals surface area (Å²) in [6.07, 6.45) is 0.182. The Balaban J connectivity index is 2.93. The maximum atomic E-state index is 5.20. The van der Waals surface area contributed by atoms with Gasteiger partial charge in [0.1, 0.15) is 0 Å². The van der Waals surface area contributed by atoms with Crippen molar-refractivity contribution in [1.82, 2.24) is 4.98 Å². The molecule has 0 saturated carbocycles. The van der Waals surface area contributed by atoms with Crippen LogP contribution in [0, 0.1) is 13.8 Å². The molecule has 3 heteroatoms. The molecule has 0 aliphatic heterocycles. The molecule has 0 aliphatic rings. The molecule has 1 aromatic heterocycles. The number of hydrogen-bond donors (Lipinski definition) is 0. The first-order valence-corrected chi connectivity index (χ1v) is 4.43. The van der Waals surface area contributed by atoms with Crippen LogP contribution in [0.3, 0.4) is 0 Å². The van der Waals surface area contributed by atoms with Gasteiger partial charge in [-0.25, -0.2) is 4.98 Å². The average Bonchev–Trinajstić information content (AvgIpc) is 2.28. The van der Waals surface area contributed by atoms with Gasteiger partial charge in [0.2, 0.25) is 0 Å². The fourth-order valence-electron chi connectivity index (χ4n) is 1.03. The lowest BCUT2D eigenvalue weighted by atomic mass is 10.3. The Bertz CT molecular complexity index is 244. The first kappa shape index (κ1) is 8.68. The Labute approximate surface area is 71.2 Å². The van der Waals surface area contributed by atoms with Crippen molar-refractivity contribution >= 4 is 11.3 Å². The molecular weight excluding hydrogens is 158 g/mol. The van der Waals surface area contributed by atoms with Gasteiger partial charge < -0.3 is 4.74 Å². The fourth-order valence-corrected chi connectivity index (χ4v) is 1.99. The van der Waals surface area contributed by atoms with E-state index in [1.165, 1.54) is 4.88 Å². The zero-order valence-corrected chi connectivity index (χ0v) is 8.16. The Hall–Kier alpha value is -0.410. The molecule has 0 amide bonds. The second-order valence-corrected chi connectivity index (χ2v) is 3.80. The van der Waals surface area contributed by atoms with Crippen molar-refractivity contribution in [3.63, 3.8) is 0 Å². The highest BCUT2D eigenvalue weighted by atomic mass is 32.1. The van der Waals surface area contributed by atoms with Crippen molar-refractivity contribution in [2.75, 3.05) is 7.11 Å². The summed E-state index contributed by atoms with van der Waals surface area (Å²) in [5, 5.41) is 1.11. The third-order valence-corrected chi connectivity index (χ3v) is 2.90. The normalized spacial score (nSPS) is 13.5. The van der Waals surface area contributed by atoms with Crippen LogP contribution in [0.4, 0.5) is 0 Å². The molecular formula is C8H13NOS. The van der Waals surface area contributed by atoms with Crippen LogP contribution in [-0.4, -0.2) is 12.1 Å². The average molecular weight is 171 g/mol. The molecule has 1 heterocycles. The number of thiazole rings is 1. The highest BCUT2D eigenvalue weighted by Crippen LogP contribution is 2.25. The van der Waals surface area contributed by atoms with Gasteiger partial charge in [0.15, 0.2) is 0 Å². The van der Waals surface area contributed by atoms with E-state index in [4.69, 9.17) is 4.74 Å². The molecule has 1 unspecified atom stereocenters. The van der Waals surface area contributed by atoms with E-state index in [-0.39, 0.29) is 6.10 Å². The van der Waals surface area contributed by atoms with Gasteiger partial charge >= 0.3 is 0 Å². The van der Waals surface area contributed by atoms with Crippen molar-refractivity contribution < 1.29 is 4.74 Å². The molecule has 1 aromatic rings. The van der Waals surface area contributed by atoms with E-state index in [0.717, 1.165) is 10.7 Å². The maximum Gasteiger partial charge on any atom is 0.0903 e. The summed E-state index contributed by atoms with van der Waals surface area (Å²) >= 11 is 1.71. The molecule has 0 bridgehead atoms. The molecule has 2 nitrogen and oxygen atoms in total. The highest BCUT2D eigenvalue weighted by molar-refractivity contribution is 7.11. The molecule has 0 aromatic carbocycles. The number of aryl methyl sites for hydroxylation is 2. The molecule has 62 valence electrons. The quantitative estimate of drug-likeness (QED) is 0.682. The second-order valence-electron chi connectivity index (χ2n) is 2.56. The lowest BCUT2D eigenvalue weighted by Gasteiger charge is -2.05. The third-order valence-electron chi connectivity index (χ3n) is 1.66. The zero-order valence-electron chi connectivity index (χ0n) is 7.34. The van der Waals surface area contributed by atoms with Gasteiger partial charge in [0.05, 0.1) is 21.7 Å². The maximum absolute atomic E-state index is 5.20. The van der Waals surface area contributed by atoms with Crippen molar-refractivity contribution in [3.05, 3.63) is 15.6 Å². The molecule has 0 saturated heterocycles. The van der Waals surface area contributed by atoms with Crippen molar-refractivity contribution in [2.24, 2.45) is 0 Å². The number of rotatable bonds is 2. The van der Waals surface area contributed by atoms with Crippen LogP contribution in [0.1, 0.15) is 28.6 Å². The Morgan fingerprint density at radius 3 is 2.45 bits per heavy atom. The molecule has 0 fully saturated rings. The van der Waals surface area contributed by atoms with Crippen LogP contribution in [0.2, 0.25) is 0 Å². The minimum Gasteiger partial charge on any atom is -0.376 e. The first-order chi connectivity index (χ1) is 5.15. The summed E-state index contributed by atoms with van der Waals surface area (Å²) in [6.45, 7) is 6.08. The van der Waals surface area contributed by atoms with E-state index < -0.39 is 0 Å². The summed E-state index contributed by atoms with van der Waals surface area (Å²) in [5.41, 5.74) is 1.10. The van der Waals surface area contributed by atoms with E-state index in [2.05, 4.69) is 4.98 Å². The van der Waals surface area contributed by atoms with Crippen molar-refractivity contribution in [2.45, 2.75) is 26.9 Å². The smallest absolute Gasteiger partial charge is 0.0903 e. The zero-order chi connectivity index (χ0) is 8.43. The van der Waals surface area contributed by atoms with Crippen molar-refractivity contribution in [3.8, 4) is 0 Å².